The fourth-order valence-electron chi connectivity index (χ4n) is 1.87. The summed E-state index contributed by atoms with van der Waals surface area (Å²) in [6, 6.07) is 4.59. The predicted molar refractivity (Wildman–Crippen MR) is 85.1 cm³/mol. The maximum absolute atomic E-state index is 11.7. The standard InChI is InChI=1S/C16H22N2O4/c1-11-7-8-14(19)13(10-11)18-16(22)17-9-5-3-4-6-12(2)15(20)21/h7-8,10,19H,2-6,9H2,1H3,(H,20,21)(H2,17,18,22). The van der Waals surface area contributed by atoms with Crippen LogP contribution in [0.15, 0.2) is 30.4 Å². The van der Waals surface area contributed by atoms with Crippen LogP contribution >= 0.6 is 0 Å². The van der Waals surface area contributed by atoms with E-state index in [0.29, 0.717) is 18.7 Å². The largest absolute Gasteiger partial charge is 0.506 e. The van der Waals surface area contributed by atoms with Crippen LogP contribution in [-0.2, 0) is 4.79 Å². The Morgan fingerprint density at radius 2 is 1.95 bits per heavy atom. The quantitative estimate of drug-likeness (QED) is 0.337. The average molecular weight is 306 g/mol. The number of carbonyl (C=O) groups is 2. The molecule has 0 atom stereocenters. The highest BCUT2D eigenvalue weighted by atomic mass is 16.4. The van der Waals surface area contributed by atoms with Gasteiger partial charge in [0.1, 0.15) is 5.75 Å². The highest BCUT2D eigenvalue weighted by Crippen LogP contribution is 2.23. The third-order valence-corrected chi connectivity index (χ3v) is 3.14. The van der Waals surface area contributed by atoms with Gasteiger partial charge < -0.3 is 20.8 Å². The number of rotatable bonds is 8. The molecule has 0 saturated heterocycles. The lowest BCUT2D eigenvalue weighted by Gasteiger charge is -2.09. The summed E-state index contributed by atoms with van der Waals surface area (Å²) in [5.41, 5.74) is 1.52. The van der Waals surface area contributed by atoms with Crippen molar-refractivity contribution in [1.82, 2.24) is 5.32 Å². The van der Waals surface area contributed by atoms with Gasteiger partial charge in [0.15, 0.2) is 0 Å². The van der Waals surface area contributed by atoms with Crippen molar-refractivity contribution in [2.75, 3.05) is 11.9 Å². The Hall–Kier alpha value is -2.50. The first-order valence-electron chi connectivity index (χ1n) is 7.15. The molecule has 0 saturated carbocycles. The van der Waals surface area contributed by atoms with Crippen molar-refractivity contribution in [3.05, 3.63) is 35.9 Å². The van der Waals surface area contributed by atoms with E-state index in [-0.39, 0.29) is 17.4 Å². The van der Waals surface area contributed by atoms with Crippen LogP contribution in [0.25, 0.3) is 0 Å². The first-order valence-corrected chi connectivity index (χ1v) is 7.15. The number of phenolic OH excluding ortho intramolecular Hbond substituents is 1. The Balaban J connectivity index is 2.20. The van der Waals surface area contributed by atoms with E-state index < -0.39 is 5.97 Å². The molecule has 0 aliphatic heterocycles. The number of phenols is 1. The summed E-state index contributed by atoms with van der Waals surface area (Å²) >= 11 is 0. The number of aliphatic carboxylic acids is 1. The molecule has 1 rings (SSSR count). The molecule has 1 aromatic carbocycles. The van der Waals surface area contributed by atoms with Crippen LogP contribution in [0.4, 0.5) is 10.5 Å². The number of carboxylic acids is 1. The van der Waals surface area contributed by atoms with Crippen molar-refractivity contribution in [2.45, 2.75) is 32.6 Å². The molecule has 0 fully saturated rings. The van der Waals surface area contributed by atoms with E-state index in [1.807, 2.05) is 6.92 Å². The Bertz CT molecular complexity index is 555. The molecule has 0 bridgehead atoms. The molecule has 2 amide bonds. The molecule has 1 aromatic rings. The first-order chi connectivity index (χ1) is 10.4. The molecular formula is C16H22N2O4. The van der Waals surface area contributed by atoms with Crippen molar-refractivity contribution in [1.29, 1.82) is 0 Å². The lowest BCUT2D eigenvalue weighted by atomic mass is 10.1. The van der Waals surface area contributed by atoms with Gasteiger partial charge >= 0.3 is 12.0 Å². The highest BCUT2D eigenvalue weighted by Gasteiger charge is 2.06. The van der Waals surface area contributed by atoms with Gasteiger partial charge in [-0.05, 0) is 43.9 Å². The Morgan fingerprint density at radius 1 is 1.23 bits per heavy atom. The van der Waals surface area contributed by atoms with E-state index in [1.54, 1.807) is 12.1 Å². The van der Waals surface area contributed by atoms with Gasteiger partial charge in [-0.1, -0.05) is 19.1 Å². The van der Waals surface area contributed by atoms with Gasteiger partial charge in [0.05, 0.1) is 5.69 Å². The molecule has 0 spiro atoms. The number of amides is 2. The van der Waals surface area contributed by atoms with Crippen molar-refractivity contribution >= 4 is 17.7 Å². The number of hydrogen-bond acceptors (Lipinski definition) is 3. The zero-order valence-electron chi connectivity index (χ0n) is 12.7. The van der Waals surface area contributed by atoms with E-state index in [1.165, 1.54) is 6.07 Å². The molecule has 0 aliphatic rings. The van der Waals surface area contributed by atoms with Gasteiger partial charge in [-0.15, -0.1) is 0 Å². The van der Waals surface area contributed by atoms with Crippen LogP contribution in [0, 0.1) is 6.92 Å². The molecule has 6 heteroatoms. The normalized spacial score (nSPS) is 10.0. The maximum Gasteiger partial charge on any atom is 0.330 e. The van der Waals surface area contributed by atoms with E-state index >= 15 is 0 Å². The zero-order valence-corrected chi connectivity index (χ0v) is 12.7. The maximum atomic E-state index is 11.7. The molecule has 0 aliphatic carbocycles. The van der Waals surface area contributed by atoms with Gasteiger partial charge in [0, 0.05) is 12.1 Å². The summed E-state index contributed by atoms with van der Waals surface area (Å²) < 4.78 is 0. The lowest BCUT2D eigenvalue weighted by Crippen LogP contribution is -2.29. The number of carboxylic acid groups (broad SMARTS) is 1. The number of aromatic hydroxyl groups is 1. The minimum atomic E-state index is -0.963. The molecule has 0 aromatic heterocycles. The molecule has 0 radical (unpaired) electrons. The molecule has 0 heterocycles. The summed E-state index contributed by atoms with van der Waals surface area (Å²) in [6.45, 7) is 5.81. The predicted octanol–water partition coefficient (Wildman–Crippen LogP) is 3.02. The molecule has 4 N–H and O–H groups in total. The van der Waals surface area contributed by atoms with E-state index in [2.05, 4.69) is 17.2 Å². The fourth-order valence-corrected chi connectivity index (χ4v) is 1.87. The average Bonchev–Trinajstić information content (AvgIpc) is 2.46. The summed E-state index contributed by atoms with van der Waals surface area (Å²) in [7, 11) is 0. The number of unbranched alkanes of at least 4 members (excludes halogenated alkanes) is 2. The van der Waals surface area contributed by atoms with Crippen LogP contribution in [0.3, 0.4) is 0 Å². The Labute approximate surface area is 129 Å². The van der Waals surface area contributed by atoms with Gasteiger partial charge in [-0.25, -0.2) is 9.59 Å². The van der Waals surface area contributed by atoms with Crippen molar-refractivity contribution in [2.24, 2.45) is 0 Å². The number of urea groups is 1. The molecule has 6 nitrogen and oxygen atoms in total. The molecule has 0 unspecified atom stereocenters. The second kappa shape index (κ2) is 8.71. The Kier molecular flexibility index (Phi) is 6.95. The van der Waals surface area contributed by atoms with Crippen molar-refractivity contribution in [3.63, 3.8) is 0 Å². The topological polar surface area (TPSA) is 98.7 Å². The van der Waals surface area contributed by atoms with Gasteiger partial charge in [-0.2, -0.15) is 0 Å². The molecular weight excluding hydrogens is 284 g/mol. The number of aryl methyl sites for hydroxylation is 1. The van der Waals surface area contributed by atoms with Gasteiger partial charge in [0.25, 0.3) is 0 Å². The molecule has 120 valence electrons. The second-order valence-corrected chi connectivity index (χ2v) is 5.12. The van der Waals surface area contributed by atoms with E-state index in [0.717, 1.165) is 24.8 Å². The fraction of sp³-hybridized carbons (Fsp3) is 0.375. The van der Waals surface area contributed by atoms with E-state index in [4.69, 9.17) is 5.11 Å². The van der Waals surface area contributed by atoms with Crippen molar-refractivity contribution in [3.8, 4) is 5.75 Å². The van der Waals surface area contributed by atoms with Crippen LogP contribution in [0.2, 0.25) is 0 Å². The lowest BCUT2D eigenvalue weighted by molar-refractivity contribution is -0.132. The Morgan fingerprint density at radius 3 is 2.64 bits per heavy atom. The van der Waals surface area contributed by atoms with Crippen LogP contribution < -0.4 is 10.6 Å². The summed E-state index contributed by atoms with van der Waals surface area (Å²) in [6.07, 6.45) is 2.74. The molecule has 22 heavy (non-hydrogen) atoms. The second-order valence-electron chi connectivity index (χ2n) is 5.12. The number of nitrogens with one attached hydrogen (secondary N) is 2. The summed E-state index contributed by atoms with van der Waals surface area (Å²) in [4.78, 5) is 22.2. The number of carbonyl (C=O) groups excluding carboxylic acids is 1. The van der Waals surface area contributed by atoms with Crippen molar-refractivity contribution < 1.29 is 19.8 Å². The smallest absolute Gasteiger partial charge is 0.330 e. The zero-order chi connectivity index (χ0) is 16.5. The minimum Gasteiger partial charge on any atom is -0.506 e. The minimum absolute atomic E-state index is 0.0212. The van der Waals surface area contributed by atoms with Gasteiger partial charge in [-0.3, -0.25) is 0 Å². The third-order valence-electron chi connectivity index (χ3n) is 3.14. The number of benzene rings is 1. The number of hydrogen-bond donors (Lipinski definition) is 4. The first kappa shape index (κ1) is 17.6. The SMILES string of the molecule is C=C(CCCCCNC(=O)Nc1cc(C)ccc1O)C(=O)O. The summed E-state index contributed by atoms with van der Waals surface area (Å²) in [5.74, 6) is -0.941. The highest BCUT2D eigenvalue weighted by molar-refractivity contribution is 5.90. The van der Waals surface area contributed by atoms with Crippen LogP contribution in [0.5, 0.6) is 5.75 Å². The van der Waals surface area contributed by atoms with Gasteiger partial charge in [0.2, 0.25) is 0 Å². The third kappa shape index (κ3) is 6.30. The van der Waals surface area contributed by atoms with Crippen LogP contribution in [-0.4, -0.2) is 28.8 Å². The van der Waals surface area contributed by atoms with Crippen LogP contribution in [0.1, 0.15) is 31.2 Å². The summed E-state index contributed by atoms with van der Waals surface area (Å²) in [5, 5.41) is 23.5. The van der Waals surface area contributed by atoms with E-state index in [9.17, 15) is 14.7 Å². The monoisotopic (exact) mass is 306 g/mol. The number of anilines is 1.